The number of hydrogen-bond acceptors (Lipinski definition) is 2. The lowest BCUT2D eigenvalue weighted by atomic mass is 10.2. The van der Waals surface area contributed by atoms with Gasteiger partial charge in [-0.05, 0) is 18.1 Å². The Kier molecular flexibility index (Phi) is 4.01. The molecule has 2 heteroatoms. The zero-order valence-electron chi connectivity index (χ0n) is 7.75. The van der Waals surface area contributed by atoms with Crippen molar-refractivity contribution in [3.05, 3.63) is 29.6 Å². The molecule has 13 heavy (non-hydrogen) atoms. The van der Waals surface area contributed by atoms with Crippen molar-refractivity contribution in [2.24, 2.45) is 0 Å². The molecule has 0 aliphatic rings. The SMILES string of the molecule is CCc1ccc(CC#CCO)nc1. The zero-order chi connectivity index (χ0) is 9.52. The first kappa shape index (κ1) is 9.76. The second-order valence-corrected chi connectivity index (χ2v) is 2.70. The number of pyridine rings is 1. The first-order valence-electron chi connectivity index (χ1n) is 4.37. The maximum absolute atomic E-state index is 8.43. The molecule has 0 aliphatic heterocycles. The van der Waals surface area contributed by atoms with E-state index in [2.05, 4.69) is 29.8 Å². The number of nitrogens with zero attached hydrogens (tertiary/aromatic N) is 1. The van der Waals surface area contributed by atoms with Crippen LogP contribution in [0.4, 0.5) is 0 Å². The molecule has 1 heterocycles. The minimum Gasteiger partial charge on any atom is -0.384 e. The number of aliphatic hydroxyl groups excluding tert-OH is 1. The molecule has 0 aromatic carbocycles. The highest BCUT2D eigenvalue weighted by molar-refractivity contribution is 5.18. The fourth-order valence-electron chi connectivity index (χ4n) is 0.978. The highest BCUT2D eigenvalue weighted by atomic mass is 16.2. The van der Waals surface area contributed by atoms with Crippen molar-refractivity contribution in [2.75, 3.05) is 6.61 Å². The summed E-state index contributed by atoms with van der Waals surface area (Å²) in [7, 11) is 0. The summed E-state index contributed by atoms with van der Waals surface area (Å²) in [6.07, 6.45) is 3.50. The molecule has 2 nitrogen and oxygen atoms in total. The van der Waals surface area contributed by atoms with Crippen LogP contribution in [0.25, 0.3) is 0 Å². The van der Waals surface area contributed by atoms with Gasteiger partial charge >= 0.3 is 0 Å². The average Bonchev–Trinajstić information content (AvgIpc) is 2.19. The molecule has 68 valence electrons. The van der Waals surface area contributed by atoms with Gasteiger partial charge in [0.25, 0.3) is 0 Å². The standard InChI is InChI=1S/C11H13NO/c1-2-10-6-7-11(12-9-10)5-3-4-8-13/h6-7,9,13H,2,5,8H2,1H3. The van der Waals surface area contributed by atoms with Gasteiger partial charge in [-0.3, -0.25) is 4.98 Å². The average molecular weight is 175 g/mol. The Hall–Kier alpha value is -1.33. The molecule has 1 rings (SSSR count). The van der Waals surface area contributed by atoms with Crippen molar-refractivity contribution in [3.63, 3.8) is 0 Å². The molecule has 0 aliphatic carbocycles. The predicted octanol–water partition coefficient (Wildman–Crippen LogP) is 1.18. The summed E-state index contributed by atoms with van der Waals surface area (Å²) < 4.78 is 0. The molecular formula is C11H13NO. The van der Waals surface area contributed by atoms with Crippen molar-refractivity contribution in [3.8, 4) is 11.8 Å². The lowest BCUT2D eigenvalue weighted by Crippen LogP contribution is -1.89. The monoisotopic (exact) mass is 175 g/mol. The fraction of sp³-hybridized carbons (Fsp3) is 0.364. The van der Waals surface area contributed by atoms with Gasteiger partial charge in [-0.15, -0.1) is 0 Å². The fourth-order valence-corrected chi connectivity index (χ4v) is 0.978. The Balaban J connectivity index is 2.59. The second kappa shape index (κ2) is 5.34. The molecule has 0 unspecified atom stereocenters. The quantitative estimate of drug-likeness (QED) is 0.685. The van der Waals surface area contributed by atoms with E-state index >= 15 is 0 Å². The van der Waals surface area contributed by atoms with E-state index in [0.29, 0.717) is 6.42 Å². The Bertz CT molecular complexity index is 305. The zero-order valence-corrected chi connectivity index (χ0v) is 7.75. The lowest BCUT2D eigenvalue weighted by Gasteiger charge is -1.96. The van der Waals surface area contributed by atoms with Gasteiger partial charge in [0.1, 0.15) is 6.61 Å². The summed E-state index contributed by atoms with van der Waals surface area (Å²) in [4.78, 5) is 4.24. The number of aryl methyl sites for hydroxylation is 1. The smallest absolute Gasteiger partial charge is 0.104 e. The molecule has 0 spiro atoms. The largest absolute Gasteiger partial charge is 0.384 e. The van der Waals surface area contributed by atoms with Crippen LogP contribution in [0.15, 0.2) is 18.3 Å². The summed E-state index contributed by atoms with van der Waals surface area (Å²) in [5.74, 6) is 5.42. The van der Waals surface area contributed by atoms with Crippen molar-refractivity contribution in [1.82, 2.24) is 4.98 Å². The molecule has 1 aromatic rings. The van der Waals surface area contributed by atoms with Crippen LogP contribution in [-0.4, -0.2) is 16.7 Å². The van der Waals surface area contributed by atoms with Crippen LogP contribution in [0.5, 0.6) is 0 Å². The number of hydrogen-bond donors (Lipinski definition) is 1. The Morgan fingerprint density at radius 2 is 2.23 bits per heavy atom. The Morgan fingerprint density at radius 3 is 2.77 bits per heavy atom. The van der Waals surface area contributed by atoms with E-state index in [1.165, 1.54) is 5.56 Å². The first-order chi connectivity index (χ1) is 6.36. The van der Waals surface area contributed by atoms with Gasteiger partial charge in [0.2, 0.25) is 0 Å². The van der Waals surface area contributed by atoms with E-state index in [1.807, 2.05) is 12.3 Å². The van der Waals surface area contributed by atoms with E-state index in [9.17, 15) is 0 Å². The van der Waals surface area contributed by atoms with Gasteiger partial charge < -0.3 is 5.11 Å². The van der Waals surface area contributed by atoms with Crippen molar-refractivity contribution < 1.29 is 5.11 Å². The molecule has 0 amide bonds. The maximum Gasteiger partial charge on any atom is 0.104 e. The molecule has 1 aromatic heterocycles. The van der Waals surface area contributed by atoms with Crippen molar-refractivity contribution >= 4 is 0 Å². The van der Waals surface area contributed by atoms with Crippen LogP contribution in [-0.2, 0) is 12.8 Å². The summed E-state index contributed by atoms with van der Waals surface area (Å²) in [5, 5.41) is 8.43. The van der Waals surface area contributed by atoms with Gasteiger partial charge in [-0.1, -0.05) is 24.8 Å². The summed E-state index contributed by atoms with van der Waals surface area (Å²) in [5.41, 5.74) is 2.19. The Labute approximate surface area is 78.6 Å². The third-order valence-corrected chi connectivity index (χ3v) is 1.77. The normalized spacial score (nSPS) is 9.08. The van der Waals surface area contributed by atoms with Crippen LogP contribution in [0.2, 0.25) is 0 Å². The molecule has 0 atom stereocenters. The van der Waals surface area contributed by atoms with E-state index in [4.69, 9.17) is 5.11 Å². The summed E-state index contributed by atoms with van der Waals surface area (Å²) in [6.45, 7) is 2.02. The van der Waals surface area contributed by atoms with Gasteiger partial charge in [0.05, 0.1) is 12.1 Å². The van der Waals surface area contributed by atoms with Crippen LogP contribution in [0.3, 0.4) is 0 Å². The number of aliphatic hydroxyl groups is 1. The third-order valence-electron chi connectivity index (χ3n) is 1.77. The number of rotatable bonds is 2. The topological polar surface area (TPSA) is 33.1 Å². The number of aromatic nitrogens is 1. The van der Waals surface area contributed by atoms with Gasteiger partial charge in [0, 0.05) is 6.20 Å². The summed E-state index contributed by atoms with van der Waals surface area (Å²) >= 11 is 0. The molecule has 0 fully saturated rings. The van der Waals surface area contributed by atoms with Crippen LogP contribution < -0.4 is 0 Å². The second-order valence-electron chi connectivity index (χ2n) is 2.70. The van der Waals surface area contributed by atoms with Gasteiger partial charge in [0.15, 0.2) is 0 Å². The molecule has 1 N–H and O–H groups in total. The van der Waals surface area contributed by atoms with E-state index in [0.717, 1.165) is 12.1 Å². The minimum atomic E-state index is -0.0763. The van der Waals surface area contributed by atoms with Gasteiger partial charge in [-0.25, -0.2) is 0 Å². The van der Waals surface area contributed by atoms with Crippen LogP contribution >= 0.6 is 0 Å². The minimum absolute atomic E-state index is 0.0763. The van der Waals surface area contributed by atoms with E-state index in [-0.39, 0.29) is 6.61 Å². The van der Waals surface area contributed by atoms with Gasteiger partial charge in [-0.2, -0.15) is 0 Å². The lowest BCUT2D eigenvalue weighted by molar-refractivity contribution is 0.350. The van der Waals surface area contributed by atoms with Crippen LogP contribution in [0, 0.1) is 11.8 Å². The molecule has 0 bridgehead atoms. The first-order valence-corrected chi connectivity index (χ1v) is 4.37. The van der Waals surface area contributed by atoms with E-state index < -0.39 is 0 Å². The Morgan fingerprint density at radius 1 is 1.38 bits per heavy atom. The highest BCUT2D eigenvalue weighted by Crippen LogP contribution is 2.00. The molecular weight excluding hydrogens is 162 g/mol. The third kappa shape index (κ3) is 3.27. The molecule has 0 saturated carbocycles. The van der Waals surface area contributed by atoms with Crippen LogP contribution in [0.1, 0.15) is 18.2 Å². The van der Waals surface area contributed by atoms with Crippen molar-refractivity contribution in [2.45, 2.75) is 19.8 Å². The highest BCUT2D eigenvalue weighted by Gasteiger charge is 1.91. The molecule has 0 radical (unpaired) electrons. The predicted molar refractivity (Wildman–Crippen MR) is 52.2 cm³/mol. The maximum atomic E-state index is 8.43. The summed E-state index contributed by atoms with van der Waals surface area (Å²) in [6, 6.07) is 4.04. The molecule has 0 saturated heterocycles. The van der Waals surface area contributed by atoms with Crippen molar-refractivity contribution in [1.29, 1.82) is 0 Å². The van der Waals surface area contributed by atoms with E-state index in [1.54, 1.807) is 0 Å².